The Balaban J connectivity index is 4.31. The van der Waals surface area contributed by atoms with Gasteiger partial charge in [-0.3, -0.25) is 0 Å². The average molecular weight is 402 g/mol. The first-order chi connectivity index (χ1) is 13.7. The molecule has 0 fully saturated rings. The van der Waals surface area contributed by atoms with Gasteiger partial charge in [0.15, 0.2) is 6.29 Å². The van der Waals surface area contributed by atoms with Crippen LogP contribution in [0.1, 0.15) is 105 Å². The minimum Gasteiger partial charge on any atom is -0.444 e. The summed E-state index contributed by atoms with van der Waals surface area (Å²) in [5.41, 5.74) is 0. The fourth-order valence-electron chi connectivity index (χ4n) is 3.21. The summed E-state index contributed by atoms with van der Waals surface area (Å²) in [6, 6.07) is 0. The first-order valence-corrected chi connectivity index (χ1v) is 11.8. The van der Waals surface area contributed by atoms with Crippen molar-refractivity contribution < 1.29 is 19.0 Å². The van der Waals surface area contributed by atoms with Gasteiger partial charge < -0.3 is 19.1 Å². The minimum absolute atomic E-state index is 0.157. The summed E-state index contributed by atoms with van der Waals surface area (Å²) in [4.78, 5) is 14.5. The maximum Gasteiger partial charge on any atom is 0.409 e. The molecule has 28 heavy (non-hydrogen) atoms. The summed E-state index contributed by atoms with van der Waals surface area (Å²) in [7, 11) is 0. The van der Waals surface area contributed by atoms with E-state index in [1.807, 2.05) is 18.7 Å². The molecule has 0 rings (SSSR count). The fraction of sp³-hybridized carbons (Fsp3) is 0.957. The molecule has 0 aromatic rings. The third kappa shape index (κ3) is 16.2. The molecule has 0 aliphatic heterocycles. The van der Waals surface area contributed by atoms with Gasteiger partial charge in [-0.1, -0.05) is 78.1 Å². The van der Waals surface area contributed by atoms with E-state index in [4.69, 9.17) is 14.2 Å². The Labute approximate surface area is 174 Å². The number of rotatable bonds is 20. The Bertz CT molecular complexity index is 317. The predicted molar refractivity (Wildman–Crippen MR) is 117 cm³/mol. The van der Waals surface area contributed by atoms with Crippen molar-refractivity contribution in [2.45, 2.75) is 111 Å². The maximum absolute atomic E-state index is 12.6. The number of ether oxygens (including phenoxy) is 3. The van der Waals surface area contributed by atoms with Crippen molar-refractivity contribution in [2.24, 2.45) is 0 Å². The molecule has 0 bridgehead atoms. The third-order valence-corrected chi connectivity index (χ3v) is 4.87. The largest absolute Gasteiger partial charge is 0.444 e. The average Bonchev–Trinajstić information content (AvgIpc) is 2.69. The van der Waals surface area contributed by atoms with Crippen LogP contribution in [0.25, 0.3) is 0 Å². The Kier molecular flexibility index (Phi) is 20.3. The van der Waals surface area contributed by atoms with Crippen LogP contribution in [-0.2, 0) is 14.2 Å². The predicted octanol–water partition coefficient (Wildman–Crippen LogP) is 6.55. The Hall–Kier alpha value is -0.810. The quantitative estimate of drug-likeness (QED) is 0.171. The molecule has 0 unspecified atom stereocenters. The van der Waals surface area contributed by atoms with Crippen molar-refractivity contribution >= 4 is 6.09 Å². The van der Waals surface area contributed by atoms with E-state index in [9.17, 15) is 4.79 Å². The first-order valence-electron chi connectivity index (χ1n) is 11.8. The van der Waals surface area contributed by atoms with E-state index in [0.29, 0.717) is 13.2 Å². The van der Waals surface area contributed by atoms with E-state index >= 15 is 0 Å². The van der Waals surface area contributed by atoms with Crippen LogP contribution in [0.5, 0.6) is 0 Å². The number of carbonyl (C=O) groups is 1. The van der Waals surface area contributed by atoms with E-state index in [1.165, 1.54) is 64.2 Å². The second-order valence-corrected chi connectivity index (χ2v) is 7.44. The number of hydrogen-bond acceptors (Lipinski definition) is 4. The topological polar surface area (TPSA) is 48.0 Å². The van der Waals surface area contributed by atoms with Crippen LogP contribution in [0.4, 0.5) is 4.79 Å². The van der Waals surface area contributed by atoms with Gasteiger partial charge in [0.2, 0.25) is 0 Å². The molecule has 5 nitrogen and oxygen atoms in total. The molecule has 0 N–H and O–H groups in total. The summed E-state index contributed by atoms with van der Waals surface area (Å²) in [6.45, 7) is 11.1. The van der Waals surface area contributed by atoms with Crippen molar-refractivity contribution in [3.05, 3.63) is 0 Å². The molecule has 5 heteroatoms. The fourth-order valence-corrected chi connectivity index (χ4v) is 3.21. The first kappa shape index (κ1) is 27.2. The molecule has 0 aliphatic carbocycles. The Morgan fingerprint density at radius 2 is 1.11 bits per heavy atom. The normalized spacial score (nSPS) is 11.2. The van der Waals surface area contributed by atoms with Crippen LogP contribution >= 0.6 is 0 Å². The van der Waals surface area contributed by atoms with Gasteiger partial charge >= 0.3 is 6.09 Å². The molecule has 0 saturated carbocycles. The zero-order valence-corrected chi connectivity index (χ0v) is 19.2. The van der Waals surface area contributed by atoms with E-state index in [-0.39, 0.29) is 12.7 Å². The summed E-state index contributed by atoms with van der Waals surface area (Å²) >= 11 is 0. The number of amides is 1. The summed E-state index contributed by atoms with van der Waals surface area (Å²) < 4.78 is 16.4. The van der Waals surface area contributed by atoms with Crippen molar-refractivity contribution in [2.75, 3.05) is 32.9 Å². The SMILES string of the molecule is CCCCCCCCN(CCCCCCCC)C(=O)OCC(OCC)OCC. The molecule has 168 valence electrons. The second-order valence-electron chi connectivity index (χ2n) is 7.44. The zero-order valence-electron chi connectivity index (χ0n) is 19.2. The van der Waals surface area contributed by atoms with Gasteiger partial charge in [-0.15, -0.1) is 0 Å². The number of nitrogens with zero attached hydrogens (tertiary/aromatic N) is 1. The van der Waals surface area contributed by atoms with Gasteiger partial charge in [-0.2, -0.15) is 0 Å². The molecule has 0 spiro atoms. The van der Waals surface area contributed by atoms with E-state index in [0.717, 1.165) is 25.9 Å². The molecular weight excluding hydrogens is 354 g/mol. The lowest BCUT2D eigenvalue weighted by Gasteiger charge is -2.24. The van der Waals surface area contributed by atoms with Crippen LogP contribution in [0.2, 0.25) is 0 Å². The summed E-state index contributed by atoms with van der Waals surface area (Å²) in [5, 5.41) is 0. The van der Waals surface area contributed by atoms with Gasteiger partial charge in [0, 0.05) is 26.3 Å². The Morgan fingerprint density at radius 3 is 1.54 bits per heavy atom. The molecule has 0 heterocycles. The Morgan fingerprint density at radius 1 is 0.679 bits per heavy atom. The molecule has 0 saturated heterocycles. The maximum atomic E-state index is 12.6. The van der Waals surface area contributed by atoms with Gasteiger partial charge in [0.25, 0.3) is 0 Å². The van der Waals surface area contributed by atoms with E-state index in [1.54, 1.807) is 0 Å². The highest BCUT2D eigenvalue weighted by Crippen LogP contribution is 2.10. The molecule has 0 aromatic carbocycles. The van der Waals surface area contributed by atoms with Crippen molar-refractivity contribution in [1.29, 1.82) is 0 Å². The standard InChI is InChI=1S/C23H47NO4/c1-5-9-11-13-15-17-19-24(20-18-16-14-12-10-6-2)23(25)28-21-22(26-7-3)27-8-4/h22H,5-21H2,1-4H3. The van der Waals surface area contributed by atoms with Crippen LogP contribution in [0, 0.1) is 0 Å². The number of unbranched alkanes of at least 4 members (excludes halogenated alkanes) is 10. The lowest BCUT2D eigenvalue weighted by Crippen LogP contribution is -2.36. The van der Waals surface area contributed by atoms with Gasteiger partial charge in [-0.05, 0) is 26.7 Å². The summed E-state index contributed by atoms with van der Waals surface area (Å²) in [6.07, 6.45) is 14.0. The number of hydrogen-bond donors (Lipinski definition) is 0. The highest BCUT2D eigenvalue weighted by Gasteiger charge is 2.17. The van der Waals surface area contributed by atoms with Crippen LogP contribution in [0.15, 0.2) is 0 Å². The molecule has 1 amide bonds. The zero-order chi connectivity index (χ0) is 20.9. The van der Waals surface area contributed by atoms with Crippen molar-refractivity contribution in [1.82, 2.24) is 4.90 Å². The lowest BCUT2D eigenvalue weighted by molar-refractivity contribution is -0.158. The second kappa shape index (κ2) is 20.9. The number of carbonyl (C=O) groups excluding carboxylic acids is 1. The molecule has 0 aliphatic rings. The van der Waals surface area contributed by atoms with Crippen LogP contribution in [0.3, 0.4) is 0 Å². The third-order valence-electron chi connectivity index (χ3n) is 4.87. The minimum atomic E-state index is -0.469. The van der Waals surface area contributed by atoms with Crippen molar-refractivity contribution in [3.63, 3.8) is 0 Å². The highest BCUT2D eigenvalue weighted by atomic mass is 16.7. The van der Waals surface area contributed by atoms with Gasteiger partial charge in [0.1, 0.15) is 6.61 Å². The molecular formula is C23H47NO4. The lowest BCUT2D eigenvalue weighted by atomic mass is 10.1. The van der Waals surface area contributed by atoms with Crippen molar-refractivity contribution in [3.8, 4) is 0 Å². The van der Waals surface area contributed by atoms with Gasteiger partial charge in [0.05, 0.1) is 0 Å². The summed E-state index contributed by atoms with van der Waals surface area (Å²) in [5.74, 6) is 0. The molecule has 0 aromatic heterocycles. The van der Waals surface area contributed by atoms with Crippen LogP contribution < -0.4 is 0 Å². The van der Waals surface area contributed by atoms with E-state index in [2.05, 4.69) is 13.8 Å². The van der Waals surface area contributed by atoms with E-state index < -0.39 is 6.29 Å². The molecule has 0 atom stereocenters. The smallest absolute Gasteiger partial charge is 0.409 e. The molecule has 0 radical (unpaired) electrons. The van der Waals surface area contributed by atoms with Gasteiger partial charge in [-0.25, -0.2) is 4.79 Å². The van der Waals surface area contributed by atoms with Crippen LogP contribution in [-0.4, -0.2) is 50.2 Å². The highest BCUT2D eigenvalue weighted by molar-refractivity contribution is 5.67. The monoisotopic (exact) mass is 401 g/mol.